The fourth-order valence-electron chi connectivity index (χ4n) is 3.22. The average Bonchev–Trinajstić information content (AvgIpc) is 3.32. The number of carbonyl (C=O) groups excluding carboxylic acids is 2. The predicted octanol–water partition coefficient (Wildman–Crippen LogP) is 1.88. The first-order chi connectivity index (χ1) is 13.9. The van der Waals surface area contributed by atoms with Gasteiger partial charge in [-0.2, -0.15) is 0 Å². The van der Waals surface area contributed by atoms with Gasteiger partial charge in [0.15, 0.2) is 0 Å². The van der Waals surface area contributed by atoms with Gasteiger partial charge in [0.05, 0.1) is 38.8 Å². The molecule has 7 heteroatoms. The van der Waals surface area contributed by atoms with Crippen molar-refractivity contribution in [3.8, 4) is 5.75 Å². The second-order valence-corrected chi connectivity index (χ2v) is 8.07. The molecule has 6 nitrogen and oxygen atoms in total. The SMILES string of the molecule is C=CCOc1ccc(/C(O)=C2\C(=O)C(=O)N(CC[NH+](C)C)[C@@H]2c2cccs2)cc1. The van der Waals surface area contributed by atoms with Gasteiger partial charge in [-0.25, -0.2) is 0 Å². The number of aliphatic hydroxyl groups excluding tert-OH is 1. The zero-order valence-electron chi connectivity index (χ0n) is 16.6. The number of Topliss-reactive ketones (excluding diaryl/α,β-unsaturated/α-hetero) is 1. The minimum Gasteiger partial charge on any atom is -0.507 e. The summed E-state index contributed by atoms with van der Waals surface area (Å²) in [7, 11) is 3.99. The first kappa shape index (κ1) is 20.8. The van der Waals surface area contributed by atoms with Crippen molar-refractivity contribution < 1.29 is 24.3 Å². The van der Waals surface area contributed by atoms with E-state index >= 15 is 0 Å². The Morgan fingerprint density at radius 2 is 2.00 bits per heavy atom. The van der Waals surface area contributed by atoms with Crippen LogP contribution in [0, 0.1) is 0 Å². The number of quaternary nitrogens is 1. The smallest absolute Gasteiger partial charge is 0.295 e. The van der Waals surface area contributed by atoms with E-state index in [1.54, 1.807) is 35.2 Å². The molecule has 1 fully saturated rings. The number of nitrogens with zero attached hydrogens (tertiary/aromatic N) is 1. The molecule has 3 rings (SSSR count). The molecule has 1 aromatic heterocycles. The number of hydrogen-bond acceptors (Lipinski definition) is 5. The van der Waals surface area contributed by atoms with Gasteiger partial charge in [0.2, 0.25) is 0 Å². The van der Waals surface area contributed by atoms with Crippen LogP contribution >= 0.6 is 11.3 Å². The van der Waals surface area contributed by atoms with Crippen LogP contribution in [0.15, 0.2) is 60.0 Å². The lowest BCUT2D eigenvalue weighted by molar-refractivity contribution is -0.857. The summed E-state index contributed by atoms with van der Waals surface area (Å²) in [4.78, 5) is 29.2. The number of likely N-dealkylation sites (tertiary alicyclic amines) is 1. The van der Waals surface area contributed by atoms with Gasteiger partial charge in [-0.05, 0) is 35.7 Å². The predicted molar refractivity (Wildman–Crippen MR) is 113 cm³/mol. The third kappa shape index (κ3) is 4.41. The van der Waals surface area contributed by atoms with Crippen molar-refractivity contribution in [3.05, 3.63) is 70.4 Å². The van der Waals surface area contributed by atoms with Crippen molar-refractivity contribution in [2.45, 2.75) is 6.04 Å². The highest BCUT2D eigenvalue weighted by atomic mass is 32.1. The number of ether oxygens (including phenoxy) is 1. The first-order valence-corrected chi connectivity index (χ1v) is 10.3. The molecule has 29 heavy (non-hydrogen) atoms. The average molecular weight is 414 g/mol. The van der Waals surface area contributed by atoms with Crippen LogP contribution in [-0.4, -0.2) is 55.5 Å². The van der Waals surface area contributed by atoms with Gasteiger partial charge in [0, 0.05) is 10.4 Å². The summed E-state index contributed by atoms with van der Waals surface area (Å²) in [5.74, 6) is -0.763. The lowest BCUT2D eigenvalue weighted by atomic mass is 10.00. The molecule has 1 saturated heterocycles. The van der Waals surface area contributed by atoms with Crippen LogP contribution in [0.3, 0.4) is 0 Å². The Hall–Kier alpha value is -2.90. The Morgan fingerprint density at radius 1 is 1.28 bits per heavy atom. The molecular weight excluding hydrogens is 388 g/mol. The van der Waals surface area contributed by atoms with Crippen LogP contribution in [0.25, 0.3) is 5.76 Å². The first-order valence-electron chi connectivity index (χ1n) is 9.39. The van der Waals surface area contributed by atoms with Crippen molar-refractivity contribution in [1.82, 2.24) is 4.90 Å². The zero-order chi connectivity index (χ0) is 21.0. The van der Waals surface area contributed by atoms with Crippen LogP contribution in [0.1, 0.15) is 16.5 Å². The highest BCUT2D eigenvalue weighted by Crippen LogP contribution is 2.40. The maximum absolute atomic E-state index is 12.8. The Morgan fingerprint density at radius 3 is 2.59 bits per heavy atom. The van der Waals surface area contributed by atoms with Crippen molar-refractivity contribution in [2.75, 3.05) is 33.8 Å². The standard InChI is InChI=1S/C22H24N2O4S/c1-4-13-28-16-9-7-15(8-10-16)20(25)18-19(17-6-5-14-29-17)24(12-11-23(2)3)22(27)21(18)26/h4-10,14,19,25H,1,11-13H2,2-3H3/p+1/b20-18+/t19-/m1/s1. The molecule has 1 atom stereocenters. The van der Waals surface area contributed by atoms with Crippen LogP contribution < -0.4 is 9.64 Å². The molecule has 152 valence electrons. The fourth-order valence-corrected chi connectivity index (χ4v) is 4.06. The highest BCUT2D eigenvalue weighted by Gasteiger charge is 2.46. The summed E-state index contributed by atoms with van der Waals surface area (Å²) in [5, 5.41) is 12.9. The van der Waals surface area contributed by atoms with Gasteiger partial charge in [0.1, 0.15) is 18.1 Å². The number of carbonyl (C=O) groups is 2. The zero-order valence-corrected chi connectivity index (χ0v) is 17.4. The molecule has 0 aliphatic carbocycles. The lowest BCUT2D eigenvalue weighted by Gasteiger charge is -2.24. The molecule has 1 aliphatic heterocycles. The van der Waals surface area contributed by atoms with Crippen molar-refractivity contribution in [2.24, 2.45) is 0 Å². The number of benzene rings is 1. The molecule has 1 amide bonds. The lowest BCUT2D eigenvalue weighted by Crippen LogP contribution is -3.06. The Labute approximate surface area is 174 Å². The summed E-state index contributed by atoms with van der Waals surface area (Å²) in [6.07, 6.45) is 1.64. The Balaban J connectivity index is 2.00. The Bertz CT molecular complexity index is 917. The van der Waals surface area contributed by atoms with Crippen molar-refractivity contribution >= 4 is 28.8 Å². The summed E-state index contributed by atoms with van der Waals surface area (Å²) in [6, 6.07) is 9.96. The number of hydrogen-bond donors (Lipinski definition) is 2. The van der Waals surface area contributed by atoms with Gasteiger partial charge in [0.25, 0.3) is 11.7 Å². The fraction of sp³-hybridized carbons (Fsp3) is 0.273. The van der Waals surface area contributed by atoms with E-state index < -0.39 is 17.7 Å². The van der Waals surface area contributed by atoms with E-state index in [9.17, 15) is 14.7 Å². The summed E-state index contributed by atoms with van der Waals surface area (Å²) in [5.41, 5.74) is 0.597. The Kier molecular flexibility index (Phi) is 6.51. The molecule has 0 spiro atoms. The summed E-state index contributed by atoms with van der Waals surface area (Å²) >= 11 is 1.46. The second-order valence-electron chi connectivity index (χ2n) is 7.09. The van der Waals surface area contributed by atoms with Gasteiger partial charge < -0.3 is 19.6 Å². The molecule has 2 aromatic rings. The van der Waals surface area contributed by atoms with Gasteiger partial charge in [-0.15, -0.1) is 11.3 Å². The minimum atomic E-state index is -0.651. The number of rotatable bonds is 8. The van der Waals surface area contributed by atoms with Gasteiger partial charge in [-0.1, -0.05) is 18.7 Å². The van der Waals surface area contributed by atoms with Gasteiger partial charge >= 0.3 is 0 Å². The van der Waals surface area contributed by atoms with Crippen molar-refractivity contribution in [3.63, 3.8) is 0 Å². The maximum atomic E-state index is 12.8. The molecule has 2 heterocycles. The number of likely N-dealkylation sites (N-methyl/N-ethyl adjacent to an activating group) is 1. The van der Waals surface area contributed by atoms with E-state index in [4.69, 9.17) is 4.74 Å². The summed E-state index contributed by atoms with van der Waals surface area (Å²) in [6.45, 7) is 5.12. The van der Waals surface area contributed by atoms with E-state index in [1.807, 2.05) is 31.6 Å². The van der Waals surface area contributed by atoms with E-state index in [0.717, 1.165) is 4.88 Å². The quantitative estimate of drug-likeness (QED) is 0.300. The molecule has 0 radical (unpaired) electrons. The molecule has 0 saturated carbocycles. The van der Waals surface area contributed by atoms with Crippen LogP contribution in [0.5, 0.6) is 5.75 Å². The molecule has 2 N–H and O–H groups in total. The third-order valence-corrected chi connectivity index (χ3v) is 5.63. The van der Waals surface area contributed by atoms with E-state index in [-0.39, 0.29) is 11.3 Å². The van der Waals surface area contributed by atoms with Gasteiger partial charge in [-0.3, -0.25) is 9.59 Å². The third-order valence-electron chi connectivity index (χ3n) is 4.70. The number of thiophene rings is 1. The van der Waals surface area contributed by atoms with Crippen LogP contribution in [0.4, 0.5) is 0 Å². The molecule has 1 aliphatic rings. The monoisotopic (exact) mass is 413 g/mol. The molecule has 0 bridgehead atoms. The second kappa shape index (κ2) is 9.07. The number of amides is 1. The van der Waals surface area contributed by atoms with E-state index in [2.05, 4.69) is 6.58 Å². The van der Waals surface area contributed by atoms with Crippen LogP contribution in [0.2, 0.25) is 0 Å². The maximum Gasteiger partial charge on any atom is 0.295 e. The minimum absolute atomic E-state index is 0.131. The number of aliphatic hydroxyl groups is 1. The van der Waals surface area contributed by atoms with E-state index in [1.165, 1.54) is 16.2 Å². The number of ketones is 1. The topological polar surface area (TPSA) is 71.3 Å². The van der Waals surface area contributed by atoms with Crippen LogP contribution in [-0.2, 0) is 9.59 Å². The molecule has 1 aromatic carbocycles. The molecule has 0 unspecified atom stereocenters. The summed E-state index contributed by atoms with van der Waals surface area (Å²) < 4.78 is 5.46. The number of nitrogens with one attached hydrogen (secondary N) is 1. The van der Waals surface area contributed by atoms with Crippen molar-refractivity contribution in [1.29, 1.82) is 0 Å². The molecular formula is C22H25N2O4S+. The highest BCUT2D eigenvalue weighted by molar-refractivity contribution is 7.10. The normalized spacial score (nSPS) is 18.4. The van der Waals surface area contributed by atoms with E-state index in [0.29, 0.717) is 31.0 Å². The largest absolute Gasteiger partial charge is 0.507 e.